The first-order valence-corrected chi connectivity index (χ1v) is 20.9. The molecule has 2 aliphatic heterocycles. The second-order valence-electron chi connectivity index (χ2n) is 14.7. The zero-order chi connectivity index (χ0) is 48.3. The number of piperazine rings is 1. The molecule has 67 heavy (non-hydrogen) atoms. The molecule has 0 amide bonds. The van der Waals surface area contributed by atoms with E-state index in [1.165, 1.54) is 21.9 Å². The molecule has 0 spiro atoms. The third-order valence-electron chi connectivity index (χ3n) is 10.3. The first-order valence-electron chi connectivity index (χ1n) is 20.2. The lowest BCUT2D eigenvalue weighted by Gasteiger charge is -2.37. The van der Waals surface area contributed by atoms with Crippen LogP contribution in [0.25, 0.3) is 5.69 Å². The molecule has 8 rings (SSSR count). The maximum Gasteiger partial charge on any atom is 0.414 e. The van der Waals surface area contributed by atoms with E-state index in [4.69, 9.17) is 77.0 Å². The molecule has 2 fully saturated rings. The smallest absolute Gasteiger partial charge is 0.414 e. The minimum absolute atomic E-state index is 0.165. The lowest BCUT2D eigenvalue weighted by atomic mass is 10.1. The van der Waals surface area contributed by atoms with Crippen LogP contribution in [0.5, 0.6) is 5.75 Å². The molecule has 0 bridgehead atoms. The van der Waals surface area contributed by atoms with Crippen LogP contribution in [0.15, 0.2) is 121 Å². The molecule has 2 aromatic heterocycles. The van der Waals surface area contributed by atoms with Crippen LogP contribution >= 0.6 is 23.2 Å². The van der Waals surface area contributed by atoms with Crippen molar-refractivity contribution in [1.82, 2.24) is 29.1 Å². The number of rotatable bonds is 12. The number of nitrogens with zero attached hydrogens (tertiary/aromatic N) is 8. The largest absolute Gasteiger partial charge is 0.491 e. The number of ketones is 1. The summed E-state index contributed by atoms with van der Waals surface area (Å²) in [6.45, 7) is 5.89. The lowest BCUT2D eigenvalue weighted by molar-refractivity contribution is -0.190. The van der Waals surface area contributed by atoms with Crippen molar-refractivity contribution in [3.63, 3.8) is 0 Å². The van der Waals surface area contributed by atoms with Crippen molar-refractivity contribution in [1.29, 1.82) is 0 Å². The second kappa shape index (κ2) is 22.1. The van der Waals surface area contributed by atoms with E-state index in [0.29, 0.717) is 33.5 Å². The fraction of sp³-hybridized carbons (Fsp3) is 0.250. The normalized spacial score (nSPS) is 17.0. The van der Waals surface area contributed by atoms with E-state index in [-0.39, 0.29) is 30.7 Å². The van der Waals surface area contributed by atoms with Crippen LogP contribution < -0.4 is 20.2 Å². The van der Waals surface area contributed by atoms with E-state index in [9.17, 15) is 9.59 Å². The molecule has 4 N–H and O–H groups in total. The van der Waals surface area contributed by atoms with Gasteiger partial charge in [-0.2, -0.15) is 10.2 Å². The van der Waals surface area contributed by atoms with Gasteiger partial charge < -0.3 is 44.4 Å². The highest BCUT2D eigenvalue weighted by atomic mass is 35.5. The van der Waals surface area contributed by atoms with Crippen molar-refractivity contribution < 1.29 is 58.6 Å². The number of ether oxygens (including phenoxy) is 3. The van der Waals surface area contributed by atoms with Gasteiger partial charge in [0, 0.05) is 53.7 Å². The number of Topliss-reactive ketones (excluding diaryl/α,β-unsaturated/α-hetero) is 1. The summed E-state index contributed by atoms with van der Waals surface area (Å²) in [5, 5.41) is 39.0. The summed E-state index contributed by atoms with van der Waals surface area (Å²) >= 11 is 12.8. The molecule has 1 unspecified atom stereocenters. The van der Waals surface area contributed by atoms with Gasteiger partial charge in [-0.15, -0.1) is 0 Å². The van der Waals surface area contributed by atoms with Gasteiger partial charge in [-0.05, 0) is 67.6 Å². The molecule has 6 aromatic rings. The Morgan fingerprint density at radius 1 is 0.761 bits per heavy atom. The summed E-state index contributed by atoms with van der Waals surface area (Å²) in [6.07, 6.45) is 4.17. The van der Waals surface area contributed by atoms with Crippen molar-refractivity contribution in [2.45, 2.75) is 31.4 Å². The van der Waals surface area contributed by atoms with Crippen molar-refractivity contribution in [3.8, 4) is 11.4 Å². The summed E-state index contributed by atoms with van der Waals surface area (Å²) in [7, 11) is 0. The number of carboxylic acid groups (broad SMARTS) is 4. The second-order valence-corrected chi connectivity index (χ2v) is 15.5. The Labute approximate surface area is 390 Å². The van der Waals surface area contributed by atoms with Crippen LogP contribution in [0.3, 0.4) is 0 Å². The van der Waals surface area contributed by atoms with Crippen LogP contribution in [0.4, 0.5) is 11.4 Å². The predicted molar refractivity (Wildman–Crippen MR) is 239 cm³/mol. The van der Waals surface area contributed by atoms with Crippen molar-refractivity contribution >= 4 is 64.2 Å². The van der Waals surface area contributed by atoms with Crippen LogP contribution in [-0.4, -0.2) is 125 Å². The molecule has 350 valence electrons. The molecule has 0 saturated carbocycles. The van der Waals surface area contributed by atoms with Crippen molar-refractivity contribution in [2.24, 2.45) is 0 Å². The molecule has 0 radical (unpaired) electrons. The van der Waals surface area contributed by atoms with Gasteiger partial charge in [-0.1, -0.05) is 59.6 Å². The zero-order valence-electron chi connectivity index (χ0n) is 35.4. The number of halogens is 2. The molecule has 21 nitrogen and oxygen atoms in total. The SMILES string of the molecule is CC(C(=O)c1ccccc1)n1ncn(-c2ccc(N3CCN(c4ccc(OC[C@@H]5CO[C@@](Cn6cncn6)(c6ccc(Cl)cc6Cl)O5)cc4)CC3)cc2)c1=O.O=C(O)C(=O)O.O=C(O)C(=O)O. The minimum Gasteiger partial charge on any atom is -0.491 e. The molecule has 2 aliphatic rings. The topological polar surface area (TPSA) is 271 Å². The molecule has 4 aromatic carbocycles. The molecular formula is C44H42Cl2N8O13. The van der Waals surface area contributed by atoms with Crippen LogP contribution in [0.1, 0.15) is 28.9 Å². The number of carboxylic acids is 4. The van der Waals surface area contributed by atoms with Gasteiger partial charge in [0.05, 0.1) is 17.3 Å². The average molecular weight is 962 g/mol. The fourth-order valence-corrected chi connectivity index (χ4v) is 7.54. The lowest BCUT2D eigenvalue weighted by Crippen LogP contribution is -2.46. The predicted octanol–water partition coefficient (Wildman–Crippen LogP) is 4.36. The van der Waals surface area contributed by atoms with Crippen molar-refractivity contribution in [3.05, 3.63) is 148 Å². The van der Waals surface area contributed by atoms with E-state index in [1.807, 2.05) is 42.5 Å². The number of hydrogen-bond acceptors (Lipinski definition) is 14. The highest BCUT2D eigenvalue weighted by Gasteiger charge is 2.45. The fourth-order valence-electron chi connectivity index (χ4n) is 6.99. The monoisotopic (exact) mass is 960 g/mol. The van der Waals surface area contributed by atoms with Gasteiger partial charge in [0.2, 0.25) is 5.79 Å². The maximum absolute atomic E-state index is 13.2. The Bertz CT molecular complexity index is 2680. The number of aromatic nitrogens is 6. The Kier molecular flexibility index (Phi) is 16.1. The van der Waals surface area contributed by atoms with E-state index in [2.05, 4.69) is 37.1 Å². The molecule has 23 heteroatoms. The van der Waals surface area contributed by atoms with Gasteiger partial charge in [0.1, 0.15) is 50.0 Å². The van der Waals surface area contributed by atoms with Crippen LogP contribution in [0.2, 0.25) is 10.0 Å². The van der Waals surface area contributed by atoms with Gasteiger partial charge in [-0.3, -0.25) is 4.79 Å². The standard InChI is InChI=1S/C40H38Cl2N8O5.2C2H2O4/c1-28(38(51)29-5-3-2-4-6-29)50-39(52)49(27-45-50)33-10-8-31(9-11-33)46-17-19-47(20-18-46)32-12-14-34(15-13-32)53-22-35-23-54-40(55-35,24-48-26-43-25-44-48)36-16-7-30(41)21-37(36)42;2*3-1(4)2(5)6/h2-16,21,25-28,35H,17-20,22-24H2,1H3;2*(H,3,4)(H,5,6)/t28?,35-,40-;;/m1../s1. The number of carbonyl (C=O) groups is 5. The van der Waals surface area contributed by atoms with E-state index in [0.717, 1.165) is 43.3 Å². The number of hydrogen-bond donors (Lipinski definition) is 4. The van der Waals surface area contributed by atoms with Gasteiger partial charge in [-0.25, -0.2) is 42.9 Å². The van der Waals surface area contributed by atoms with E-state index in [1.54, 1.807) is 60.4 Å². The third-order valence-corrected chi connectivity index (χ3v) is 10.9. The Balaban J connectivity index is 0.000000548. The number of anilines is 2. The highest BCUT2D eigenvalue weighted by Crippen LogP contribution is 2.40. The van der Waals surface area contributed by atoms with Crippen LogP contribution in [-0.2, 0) is 41.0 Å². The summed E-state index contributed by atoms with van der Waals surface area (Å²) in [6, 6.07) is 29.4. The Morgan fingerprint density at radius 3 is 1.87 bits per heavy atom. The van der Waals surface area contributed by atoms with Gasteiger partial charge in [0.15, 0.2) is 5.78 Å². The quantitative estimate of drug-likeness (QED) is 0.0980. The minimum atomic E-state index is -1.82. The molecule has 4 heterocycles. The number of benzene rings is 4. The van der Waals surface area contributed by atoms with Gasteiger partial charge >= 0.3 is 29.6 Å². The summed E-state index contributed by atoms with van der Waals surface area (Å²) in [5.74, 6) is -7.91. The van der Waals surface area contributed by atoms with Crippen LogP contribution in [0, 0.1) is 0 Å². The summed E-state index contributed by atoms with van der Waals surface area (Å²) in [4.78, 5) is 71.3. The Morgan fingerprint density at radius 2 is 1.33 bits per heavy atom. The summed E-state index contributed by atoms with van der Waals surface area (Å²) in [5.41, 5.74) is 3.70. The van der Waals surface area contributed by atoms with Gasteiger partial charge in [0.25, 0.3) is 0 Å². The first-order chi connectivity index (χ1) is 32.0. The Hall–Kier alpha value is -7.59. The molecule has 0 aliphatic carbocycles. The summed E-state index contributed by atoms with van der Waals surface area (Å²) < 4.78 is 23.2. The van der Waals surface area contributed by atoms with E-state index >= 15 is 0 Å². The molecule has 2 saturated heterocycles. The highest BCUT2D eigenvalue weighted by molar-refractivity contribution is 6.35. The number of aliphatic carboxylic acids is 4. The average Bonchev–Trinajstić information content (AvgIpc) is 4.10. The third kappa shape index (κ3) is 12.4. The maximum atomic E-state index is 13.2. The first kappa shape index (κ1) is 48.9. The number of carbonyl (C=O) groups excluding carboxylic acids is 1. The van der Waals surface area contributed by atoms with Crippen molar-refractivity contribution in [2.75, 3.05) is 49.2 Å². The zero-order valence-corrected chi connectivity index (χ0v) is 36.9. The molecular weight excluding hydrogens is 919 g/mol. The molecule has 3 atom stereocenters. The van der Waals surface area contributed by atoms with E-state index < -0.39 is 35.7 Å².